The topological polar surface area (TPSA) is 88.5 Å². The normalized spacial score (nSPS) is 15.5. The molecule has 3 heterocycles. The molecule has 0 aromatic carbocycles. The number of aromatic nitrogens is 3. The number of H-pyrrole nitrogens is 1. The number of hydrogen-bond acceptors (Lipinski definition) is 5. The number of ether oxygens (including phenoxy) is 1. The number of fused-ring (bicyclic) bond motifs is 1. The zero-order valence-electron chi connectivity index (χ0n) is 14.1. The van der Waals surface area contributed by atoms with Gasteiger partial charge in [-0.1, -0.05) is 0 Å². The van der Waals surface area contributed by atoms with Crippen LogP contribution in [0.25, 0.3) is 5.65 Å². The summed E-state index contributed by atoms with van der Waals surface area (Å²) >= 11 is 0. The molecule has 7 nitrogen and oxygen atoms in total. The van der Waals surface area contributed by atoms with Crippen molar-refractivity contribution in [2.45, 2.75) is 45.6 Å². The van der Waals surface area contributed by atoms with Crippen LogP contribution in [0.4, 0.5) is 0 Å². The van der Waals surface area contributed by atoms with Crippen LogP contribution < -0.4 is 10.9 Å². The Labute approximate surface area is 146 Å². The van der Waals surface area contributed by atoms with E-state index >= 15 is 0 Å². The van der Waals surface area contributed by atoms with Crippen molar-refractivity contribution >= 4 is 24.0 Å². The van der Waals surface area contributed by atoms with Gasteiger partial charge in [-0.15, -0.1) is 12.4 Å². The van der Waals surface area contributed by atoms with Crippen LogP contribution in [-0.4, -0.2) is 39.8 Å². The van der Waals surface area contributed by atoms with E-state index in [0.717, 1.165) is 31.6 Å². The fourth-order valence-electron chi connectivity index (χ4n) is 3.10. The summed E-state index contributed by atoms with van der Waals surface area (Å²) in [6.07, 6.45) is 1.67. The van der Waals surface area contributed by atoms with Crippen molar-refractivity contribution in [3.8, 4) is 0 Å². The highest BCUT2D eigenvalue weighted by atomic mass is 35.5. The summed E-state index contributed by atoms with van der Waals surface area (Å²) < 4.78 is 6.98. The number of rotatable bonds is 3. The Balaban J connectivity index is 0.00000208. The van der Waals surface area contributed by atoms with Crippen molar-refractivity contribution in [2.24, 2.45) is 0 Å². The minimum atomic E-state index is -0.453. The van der Waals surface area contributed by atoms with Crippen LogP contribution in [0.3, 0.4) is 0 Å². The summed E-state index contributed by atoms with van der Waals surface area (Å²) in [7, 11) is 0. The van der Waals surface area contributed by atoms with E-state index in [2.05, 4.69) is 15.4 Å². The predicted octanol–water partition coefficient (Wildman–Crippen LogP) is 1.79. The summed E-state index contributed by atoms with van der Waals surface area (Å²) in [6.45, 7) is 7.18. The van der Waals surface area contributed by atoms with E-state index in [9.17, 15) is 9.59 Å². The van der Waals surface area contributed by atoms with Crippen LogP contribution in [-0.2, 0) is 4.74 Å². The molecule has 0 radical (unpaired) electrons. The molecule has 1 saturated heterocycles. The van der Waals surface area contributed by atoms with Gasteiger partial charge in [0.1, 0.15) is 5.56 Å². The summed E-state index contributed by atoms with van der Waals surface area (Å²) in [6, 6.07) is 1.59. The lowest BCUT2D eigenvalue weighted by Gasteiger charge is -2.23. The van der Waals surface area contributed by atoms with E-state index in [1.54, 1.807) is 31.4 Å². The Kier molecular flexibility index (Phi) is 5.66. The summed E-state index contributed by atoms with van der Waals surface area (Å²) in [4.78, 5) is 27.2. The molecule has 0 atom stereocenters. The Morgan fingerprint density at radius 1 is 1.38 bits per heavy atom. The minimum Gasteiger partial charge on any atom is -0.459 e. The molecular weight excluding hydrogens is 332 g/mol. The van der Waals surface area contributed by atoms with Crippen molar-refractivity contribution in [3.05, 3.63) is 33.4 Å². The standard InChI is InChI=1S/C16H22N4O3.ClH/c1-9(2)23-16(22)14-10(3)19-20-12(8-13(21)18-15(14)20)11-4-6-17-7-5-11;/h8-9,11,17H,4-7H2,1-3H3,(H,18,21);1H. The molecule has 8 heteroatoms. The van der Waals surface area contributed by atoms with Crippen molar-refractivity contribution in [1.82, 2.24) is 19.9 Å². The van der Waals surface area contributed by atoms with Gasteiger partial charge >= 0.3 is 5.97 Å². The van der Waals surface area contributed by atoms with E-state index in [1.165, 1.54) is 0 Å². The van der Waals surface area contributed by atoms with Crippen LogP contribution >= 0.6 is 12.4 Å². The molecule has 2 N–H and O–H groups in total. The van der Waals surface area contributed by atoms with Crippen LogP contribution in [0.2, 0.25) is 0 Å². The first kappa shape index (κ1) is 18.5. The van der Waals surface area contributed by atoms with Gasteiger partial charge in [0.05, 0.1) is 17.5 Å². The van der Waals surface area contributed by atoms with E-state index in [-0.39, 0.29) is 30.0 Å². The molecule has 2 aromatic rings. The van der Waals surface area contributed by atoms with Crippen molar-refractivity contribution in [2.75, 3.05) is 13.1 Å². The molecule has 132 valence electrons. The average molecular weight is 355 g/mol. The number of esters is 1. The average Bonchev–Trinajstić information content (AvgIpc) is 2.82. The second kappa shape index (κ2) is 7.36. The largest absolute Gasteiger partial charge is 0.459 e. The maximum Gasteiger partial charge on any atom is 0.344 e. The number of aromatic amines is 1. The smallest absolute Gasteiger partial charge is 0.344 e. The minimum absolute atomic E-state index is 0. The third-order valence-corrected chi connectivity index (χ3v) is 4.13. The SMILES string of the molecule is Cc1nn2c(C3CCNCC3)cc(=O)[nH]c2c1C(=O)OC(C)C.Cl. The third kappa shape index (κ3) is 3.47. The number of piperidine rings is 1. The van der Waals surface area contributed by atoms with Crippen LogP contribution in [0.1, 0.15) is 54.4 Å². The van der Waals surface area contributed by atoms with Gasteiger partial charge in [0.2, 0.25) is 0 Å². The molecule has 24 heavy (non-hydrogen) atoms. The van der Waals surface area contributed by atoms with Crippen molar-refractivity contribution in [1.29, 1.82) is 0 Å². The highest BCUT2D eigenvalue weighted by molar-refractivity contribution is 5.97. The second-order valence-electron chi connectivity index (χ2n) is 6.26. The monoisotopic (exact) mass is 354 g/mol. The molecule has 1 aliphatic rings. The first-order chi connectivity index (χ1) is 11.0. The van der Waals surface area contributed by atoms with Crippen LogP contribution in [0.5, 0.6) is 0 Å². The van der Waals surface area contributed by atoms with E-state index in [4.69, 9.17) is 4.74 Å². The van der Waals surface area contributed by atoms with E-state index in [1.807, 2.05) is 0 Å². The van der Waals surface area contributed by atoms with Gasteiger partial charge in [0.15, 0.2) is 5.65 Å². The quantitative estimate of drug-likeness (QED) is 0.820. The van der Waals surface area contributed by atoms with Crippen LogP contribution in [0, 0.1) is 6.92 Å². The Hall–Kier alpha value is -1.86. The Bertz CT molecular complexity index is 790. The lowest BCUT2D eigenvalue weighted by atomic mass is 9.94. The lowest BCUT2D eigenvalue weighted by molar-refractivity contribution is 0.0379. The highest BCUT2D eigenvalue weighted by Crippen LogP contribution is 2.26. The van der Waals surface area contributed by atoms with E-state index < -0.39 is 5.97 Å². The van der Waals surface area contributed by atoms with Crippen LogP contribution in [0.15, 0.2) is 10.9 Å². The number of carbonyl (C=O) groups is 1. The molecule has 0 saturated carbocycles. The number of aryl methyl sites for hydroxylation is 1. The van der Waals surface area contributed by atoms with Gasteiger partial charge in [-0.05, 0) is 46.7 Å². The summed E-state index contributed by atoms with van der Waals surface area (Å²) in [5.74, 6) is -0.195. The molecule has 2 aromatic heterocycles. The second-order valence-corrected chi connectivity index (χ2v) is 6.26. The highest BCUT2D eigenvalue weighted by Gasteiger charge is 2.25. The van der Waals surface area contributed by atoms with Gasteiger partial charge in [-0.3, -0.25) is 4.79 Å². The maximum atomic E-state index is 12.3. The molecule has 0 bridgehead atoms. The number of nitrogens with zero attached hydrogens (tertiary/aromatic N) is 2. The summed E-state index contributed by atoms with van der Waals surface area (Å²) in [5.41, 5.74) is 1.97. The molecule has 1 fully saturated rings. The number of hydrogen-bond donors (Lipinski definition) is 2. The van der Waals surface area contributed by atoms with Gasteiger partial charge < -0.3 is 15.0 Å². The molecule has 0 amide bonds. The molecule has 0 unspecified atom stereocenters. The first-order valence-corrected chi connectivity index (χ1v) is 8.01. The predicted molar refractivity (Wildman–Crippen MR) is 93.2 cm³/mol. The van der Waals surface area contributed by atoms with Gasteiger partial charge in [-0.2, -0.15) is 5.10 Å². The van der Waals surface area contributed by atoms with Gasteiger partial charge in [0.25, 0.3) is 5.56 Å². The fraction of sp³-hybridized carbons (Fsp3) is 0.562. The molecule has 0 aliphatic carbocycles. The molecular formula is C16H23ClN4O3. The van der Waals surface area contributed by atoms with Gasteiger partial charge in [-0.25, -0.2) is 9.31 Å². The van der Waals surface area contributed by atoms with E-state index in [0.29, 0.717) is 16.9 Å². The Morgan fingerprint density at radius 2 is 2.04 bits per heavy atom. The maximum absolute atomic E-state index is 12.3. The number of halogens is 1. The third-order valence-electron chi connectivity index (χ3n) is 4.13. The fourth-order valence-corrected chi connectivity index (χ4v) is 3.10. The molecule has 0 spiro atoms. The number of carbonyl (C=O) groups excluding carboxylic acids is 1. The van der Waals surface area contributed by atoms with Crippen molar-refractivity contribution in [3.63, 3.8) is 0 Å². The van der Waals surface area contributed by atoms with Crippen molar-refractivity contribution < 1.29 is 9.53 Å². The first-order valence-electron chi connectivity index (χ1n) is 8.01. The zero-order chi connectivity index (χ0) is 16.6. The Morgan fingerprint density at radius 3 is 2.67 bits per heavy atom. The molecule has 1 aliphatic heterocycles. The molecule has 3 rings (SSSR count). The zero-order valence-corrected chi connectivity index (χ0v) is 14.9. The summed E-state index contributed by atoms with van der Waals surface area (Å²) in [5, 5.41) is 7.80. The van der Waals surface area contributed by atoms with Gasteiger partial charge in [0, 0.05) is 12.0 Å². The number of nitrogens with one attached hydrogen (secondary N) is 2. The lowest BCUT2D eigenvalue weighted by Crippen LogP contribution is -2.28.